The van der Waals surface area contributed by atoms with Crippen molar-refractivity contribution in [1.82, 2.24) is 4.90 Å². The Morgan fingerprint density at radius 3 is 2.41 bits per heavy atom. The van der Waals surface area contributed by atoms with Gasteiger partial charge in [0.25, 0.3) is 17.7 Å². The van der Waals surface area contributed by atoms with Crippen LogP contribution >= 0.6 is 11.3 Å². The maximum Gasteiger partial charge on any atom is 0.258 e. The fourth-order valence-corrected chi connectivity index (χ4v) is 9.40. The molecule has 0 bridgehead atoms. The molecule has 8 rings (SSSR count). The van der Waals surface area contributed by atoms with Crippen LogP contribution in [0.4, 0.5) is 25.8 Å². The first-order valence-electron chi connectivity index (χ1n) is 19.2. The molecule has 0 radical (unpaired) electrons. The van der Waals surface area contributed by atoms with Gasteiger partial charge >= 0.3 is 0 Å². The minimum atomic E-state index is -0.835. The summed E-state index contributed by atoms with van der Waals surface area (Å²) >= 11 is 1.55. The van der Waals surface area contributed by atoms with Gasteiger partial charge in [0.05, 0.1) is 23.2 Å². The summed E-state index contributed by atoms with van der Waals surface area (Å²) in [6, 6.07) is 12.4. The topological polar surface area (TPSA) is 100 Å². The minimum absolute atomic E-state index is 0.177. The number of nitrogens with zero attached hydrogens (tertiary/aromatic N) is 2. The number of anilines is 3. The highest BCUT2D eigenvalue weighted by atomic mass is 32.1. The van der Waals surface area contributed by atoms with E-state index >= 15 is 0 Å². The fraction of sp³-hybridized carbons (Fsp3) is 0.341. The van der Waals surface area contributed by atoms with Crippen molar-refractivity contribution in [3.63, 3.8) is 0 Å². The van der Waals surface area contributed by atoms with Crippen molar-refractivity contribution in [2.45, 2.75) is 51.4 Å². The van der Waals surface area contributed by atoms with E-state index in [9.17, 15) is 23.2 Å². The molecule has 5 aliphatic rings. The normalized spacial score (nSPS) is 22.1. The summed E-state index contributed by atoms with van der Waals surface area (Å²) in [5.74, 6) is -1.89. The van der Waals surface area contributed by atoms with Crippen LogP contribution in [0.25, 0.3) is 5.57 Å². The lowest BCUT2D eigenvalue weighted by Crippen LogP contribution is -2.58. The second kappa shape index (κ2) is 16.0. The molecule has 9 nitrogen and oxygen atoms in total. The first-order valence-corrected chi connectivity index (χ1v) is 20.1. The summed E-state index contributed by atoms with van der Waals surface area (Å²) in [4.78, 5) is 46.4. The van der Waals surface area contributed by atoms with Gasteiger partial charge in [-0.2, -0.15) is 0 Å². The van der Waals surface area contributed by atoms with Crippen LogP contribution in [-0.2, 0) is 19.1 Å². The molecule has 12 heteroatoms. The van der Waals surface area contributed by atoms with Crippen molar-refractivity contribution in [2.24, 2.45) is 5.41 Å². The van der Waals surface area contributed by atoms with Gasteiger partial charge in [0, 0.05) is 60.8 Å². The van der Waals surface area contributed by atoms with Gasteiger partial charge in [-0.25, -0.2) is 8.78 Å². The van der Waals surface area contributed by atoms with E-state index in [2.05, 4.69) is 15.5 Å². The summed E-state index contributed by atoms with van der Waals surface area (Å²) in [5, 5.41) is 7.47. The van der Waals surface area contributed by atoms with Crippen LogP contribution in [0, 0.1) is 17.0 Å². The van der Waals surface area contributed by atoms with E-state index in [0.29, 0.717) is 60.4 Å². The molecule has 2 aliphatic carbocycles. The Balaban J connectivity index is 0.976. The highest BCUT2D eigenvalue weighted by molar-refractivity contribution is 7.11. The number of nitrogens with one attached hydrogen (secondary N) is 2. The zero-order chi connectivity index (χ0) is 38.8. The van der Waals surface area contributed by atoms with Gasteiger partial charge in [-0.3, -0.25) is 14.4 Å². The van der Waals surface area contributed by atoms with E-state index in [0.717, 1.165) is 91.5 Å². The number of hydrogen-bond donors (Lipinski definition) is 2. The number of thiophene rings is 1. The third kappa shape index (κ3) is 7.60. The molecular weight excluding hydrogens is 735 g/mol. The van der Waals surface area contributed by atoms with Gasteiger partial charge < -0.3 is 29.9 Å². The average Bonchev–Trinajstić information content (AvgIpc) is 3.48. The summed E-state index contributed by atoms with van der Waals surface area (Å²) in [7, 11) is 1.63. The molecule has 2 N–H and O–H groups in total. The number of amides is 3. The second-order valence-corrected chi connectivity index (χ2v) is 15.9. The molecule has 3 aliphatic heterocycles. The standard InChI is InChI=1S/C44H44F2N4O5S/c1-54-32-6-3-10-37(49-26-44(27-49)19-22-55-23-20-44)34(16-15-32)42(52)47-31-13-11-28(12-14-31)43(53)50-21-17-29-25-30(5-2-7-33(29)40-38(50)18-24-56-40)41(51)48-39-35(45)8-4-9-36(39)46/h4,6,8-9,11-16,18,24-25H,2-3,5,7,10,17,19-23,26-27H2,1H3,(H,47,52)(H,48,51)/b16-15-,32-6+,37-34+. The number of ether oxygens (including phenoxy) is 2. The number of hydrogen-bond acceptors (Lipinski definition) is 7. The molecule has 3 amide bonds. The monoisotopic (exact) mass is 778 g/mol. The van der Waals surface area contributed by atoms with E-state index in [4.69, 9.17) is 9.47 Å². The van der Waals surface area contributed by atoms with Crippen LogP contribution in [0.2, 0.25) is 0 Å². The largest absolute Gasteiger partial charge is 0.497 e. The van der Waals surface area contributed by atoms with Crippen LogP contribution in [0.15, 0.2) is 106 Å². The van der Waals surface area contributed by atoms with Crippen molar-refractivity contribution < 1.29 is 32.6 Å². The van der Waals surface area contributed by atoms with Crippen molar-refractivity contribution in [2.75, 3.05) is 55.5 Å². The van der Waals surface area contributed by atoms with Gasteiger partial charge in [-0.15, -0.1) is 11.3 Å². The zero-order valence-corrected chi connectivity index (χ0v) is 32.1. The Morgan fingerprint density at radius 1 is 0.893 bits per heavy atom. The van der Waals surface area contributed by atoms with Crippen LogP contribution < -0.4 is 15.5 Å². The molecule has 0 saturated carbocycles. The van der Waals surface area contributed by atoms with Crippen LogP contribution in [-0.4, -0.2) is 62.6 Å². The lowest BCUT2D eigenvalue weighted by atomic mass is 9.72. The number of rotatable bonds is 7. The van der Waals surface area contributed by atoms with Crippen LogP contribution in [0.3, 0.4) is 0 Å². The van der Waals surface area contributed by atoms with Crippen LogP contribution in [0.1, 0.15) is 66.6 Å². The third-order valence-corrected chi connectivity index (χ3v) is 12.4. The summed E-state index contributed by atoms with van der Waals surface area (Å²) in [6.07, 6.45) is 13.4. The van der Waals surface area contributed by atoms with Gasteiger partial charge in [-0.1, -0.05) is 6.07 Å². The number of methoxy groups -OCH3 is 1. The first-order chi connectivity index (χ1) is 27.2. The number of fused-ring (bicyclic) bond motifs is 2. The molecule has 2 aromatic carbocycles. The Morgan fingerprint density at radius 2 is 1.66 bits per heavy atom. The molecule has 290 valence electrons. The fourth-order valence-electron chi connectivity index (χ4n) is 8.39. The lowest BCUT2D eigenvalue weighted by molar-refractivity contribution is -0.113. The zero-order valence-electron chi connectivity index (χ0n) is 31.3. The van der Waals surface area contributed by atoms with Crippen molar-refractivity contribution in [3.8, 4) is 0 Å². The maximum absolute atomic E-state index is 14.3. The second-order valence-electron chi connectivity index (χ2n) is 15.0. The van der Waals surface area contributed by atoms with E-state index in [1.54, 1.807) is 47.6 Å². The van der Waals surface area contributed by atoms with E-state index in [1.165, 1.54) is 6.07 Å². The Labute approximate surface area is 329 Å². The molecule has 56 heavy (non-hydrogen) atoms. The Kier molecular flexibility index (Phi) is 10.8. The lowest BCUT2D eigenvalue weighted by Gasteiger charge is -2.54. The summed E-state index contributed by atoms with van der Waals surface area (Å²) < 4.78 is 39.8. The van der Waals surface area contributed by atoms with E-state index in [1.807, 2.05) is 35.8 Å². The summed E-state index contributed by atoms with van der Waals surface area (Å²) in [5.41, 5.74) is 5.73. The highest BCUT2D eigenvalue weighted by Gasteiger charge is 2.45. The van der Waals surface area contributed by atoms with Crippen molar-refractivity contribution >= 4 is 51.7 Å². The van der Waals surface area contributed by atoms with Gasteiger partial charge in [0.15, 0.2) is 0 Å². The number of para-hydroxylation sites is 1. The third-order valence-electron chi connectivity index (χ3n) is 11.5. The van der Waals surface area contributed by atoms with Gasteiger partial charge in [-0.05, 0) is 135 Å². The van der Waals surface area contributed by atoms with Crippen molar-refractivity contribution in [3.05, 3.63) is 128 Å². The molecule has 4 heterocycles. The predicted octanol–water partition coefficient (Wildman–Crippen LogP) is 8.76. The molecule has 0 atom stereocenters. The first kappa shape index (κ1) is 37.6. The molecule has 1 spiro atoms. The number of allylic oxidation sites excluding steroid dienone is 5. The highest BCUT2D eigenvalue weighted by Crippen LogP contribution is 2.45. The molecule has 2 fully saturated rings. The SMILES string of the molecule is COC1=C/CC/C(N2CC3(CCOCC3)C2)=C(C(=O)Nc2ccc(C(=O)N3CCC4=C(CCCC(C(=O)Nc5c(F)cccc5F)=C4)c4sccc43)cc2)/C=C\1. The molecule has 1 aromatic heterocycles. The van der Waals surface area contributed by atoms with Crippen LogP contribution in [0.5, 0.6) is 0 Å². The Bertz CT molecular complexity index is 2180. The Hall–Kier alpha value is -5.33. The maximum atomic E-state index is 14.3. The van der Waals surface area contributed by atoms with E-state index < -0.39 is 23.2 Å². The number of carbonyl (C=O) groups is 3. The number of likely N-dealkylation sites (tertiary alicyclic amines) is 1. The van der Waals surface area contributed by atoms with Crippen molar-refractivity contribution in [1.29, 1.82) is 0 Å². The quantitative estimate of drug-likeness (QED) is 0.249. The number of benzene rings is 2. The molecule has 0 unspecified atom stereocenters. The van der Waals surface area contributed by atoms with Gasteiger partial charge in [0.1, 0.15) is 23.1 Å². The van der Waals surface area contributed by atoms with Gasteiger partial charge in [0.2, 0.25) is 0 Å². The predicted molar refractivity (Wildman–Crippen MR) is 214 cm³/mol. The average molecular weight is 779 g/mol. The smallest absolute Gasteiger partial charge is 0.258 e. The molecular formula is C44H44F2N4O5S. The minimum Gasteiger partial charge on any atom is -0.497 e. The van der Waals surface area contributed by atoms with E-state index in [-0.39, 0.29) is 17.2 Å². The number of halogens is 2. The molecule has 3 aromatic rings. The number of carbonyl (C=O) groups excluding carboxylic acids is 3. The molecule has 2 saturated heterocycles. The summed E-state index contributed by atoms with van der Waals surface area (Å²) in [6.45, 7) is 3.77.